The van der Waals surface area contributed by atoms with Gasteiger partial charge in [0.25, 0.3) is 0 Å². The van der Waals surface area contributed by atoms with Crippen LogP contribution in [0.4, 0.5) is 5.69 Å². The second-order valence-electron chi connectivity index (χ2n) is 7.82. The van der Waals surface area contributed by atoms with E-state index in [1.807, 2.05) is 6.92 Å². The minimum Gasteiger partial charge on any atom is -0.356 e. The summed E-state index contributed by atoms with van der Waals surface area (Å²) in [6.07, 6.45) is 3.25. The van der Waals surface area contributed by atoms with Gasteiger partial charge >= 0.3 is 0 Å². The molecule has 2 aromatic carbocycles. The van der Waals surface area contributed by atoms with Crippen molar-refractivity contribution in [3.05, 3.63) is 77.0 Å². The van der Waals surface area contributed by atoms with Crippen molar-refractivity contribution in [1.29, 1.82) is 0 Å². The SMILES string of the molecule is C=C(C)C(=C)Nc1cc(-c2ccc(C(C)C)cc2)c(C)c(CCC)c1CC. The van der Waals surface area contributed by atoms with Crippen molar-refractivity contribution in [2.75, 3.05) is 5.32 Å². The molecule has 1 nitrogen and oxygen atoms in total. The van der Waals surface area contributed by atoms with Gasteiger partial charge in [0.15, 0.2) is 0 Å². The van der Waals surface area contributed by atoms with Gasteiger partial charge in [-0.1, -0.05) is 71.5 Å². The van der Waals surface area contributed by atoms with E-state index < -0.39 is 0 Å². The Balaban J connectivity index is 2.63. The number of hydrogen-bond acceptors (Lipinski definition) is 1. The second kappa shape index (κ2) is 9.08. The van der Waals surface area contributed by atoms with Crippen LogP contribution in [0.1, 0.15) is 69.2 Å². The molecule has 0 saturated carbocycles. The normalized spacial score (nSPS) is 10.9. The largest absolute Gasteiger partial charge is 0.356 e. The fraction of sp³-hybridized carbons (Fsp3) is 0.385. The van der Waals surface area contributed by atoms with Gasteiger partial charge in [0.1, 0.15) is 0 Å². The molecule has 0 fully saturated rings. The lowest BCUT2D eigenvalue weighted by atomic mass is 9.87. The molecule has 144 valence electrons. The molecule has 2 aromatic rings. The van der Waals surface area contributed by atoms with Gasteiger partial charge in [-0.25, -0.2) is 0 Å². The third kappa shape index (κ3) is 4.71. The summed E-state index contributed by atoms with van der Waals surface area (Å²) in [5.74, 6) is 0.550. The molecule has 0 aliphatic rings. The molecule has 0 atom stereocenters. The van der Waals surface area contributed by atoms with Crippen LogP contribution in [0.2, 0.25) is 0 Å². The number of allylic oxidation sites excluding steroid dienone is 1. The number of anilines is 1. The van der Waals surface area contributed by atoms with Crippen molar-refractivity contribution >= 4 is 5.69 Å². The van der Waals surface area contributed by atoms with Gasteiger partial charge in [-0.15, -0.1) is 0 Å². The molecule has 0 aliphatic carbocycles. The van der Waals surface area contributed by atoms with E-state index in [-0.39, 0.29) is 0 Å². The molecule has 0 aromatic heterocycles. The van der Waals surface area contributed by atoms with Gasteiger partial charge in [-0.05, 0) is 77.6 Å². The van der Waals surface area contributed by atoms with Gasteiger partial charge in [-0.3, -0.25) is 0 Å². The van der Waals surface area contributed by atoms with E-state index in [0.717, 1.165) is 30.5 Å². The summed E-state index contributed by atoms with van der Waals surface area (Å²) in [7, 11) is 0. The van der Waals surface area contributed by atoms with Crippen LogP contribution in [0.15, 0.2) is 54.8 Å². The summed E-state index contributed by atoms with van der Waals surface area (Å²) >= 11 is 0. The summed E-state index contributed by atoms with van der Waals surface area (Å²) in [4.78, 5) is 0. The van der Waals surface area contributed by atoms with E-state index in [1.165, 1.54) is 39.1 Å². The van der Waals surface area contributed by atoms with E-state index in [1.54, 1.807) is 0 Å². The van der Waals surface area contributed by atoms with Crippen molar-refractivity contribution in [1.82, 2.24) is 0 Å². The highest BCUT2D eigenvalue weighted by Gasteiger charge is 2.16. The number of nitrogens with one attached hydrogen (secondary N) is 1. The van der Waals surface area contributed by atoms with Gasteiger partial charge in [0, 0.05) is 11.4 Å². The summed E-state index contributed by atoms with van der Waals surface area (Å²) < 4.78 is 0. The van der Waals surface area contributed by atoms with E-state index in [4.69, 9.17) is 0 Å². The molecule has 1 N–H and O–H groups in total. The molecule has 2 rings (SSSR count). The first-order valence-corrected chi connectivity index (χ1v) is 10.2. The Morgan fingerprint density at radius 1 is 1.04 bits per heavy atom. The summed E-state index contributed by atoms with van der Waals surface area (Å²) in [6, 6.07) is 11.3. The average Bonchev–Trinajstić information content (AvgIpc) is 2.64. The zero-order valence-corrected chi connectivity index (χ0v) is 18.0. The first-order valence-electron chi connectivity index (χ1n) is 10.2. The van der Waals surface area contributed by atoms with Gasteiger partial charge in [0.2, 0.25) is 0 Å². The average molecular weight is 362 g/mol. The number of benzene rings is 2. The molecule has 0 bridgehead atoms. The molecule has 0 heterocycles. The Labute approximate surface area is 166 Å². The van der Waals surface area contributed by atoms with Crippen LogP contribution in [-0.4, -0.2) is 0 Å². The zero-order valence-electron chi connectivity index (χ0n) is 18.0. The first-order chi connectivity index (χ1) is 12.8. The quantitative estimate of drug-likeness (QED) is 0.473. The molecule has 0 unspecified atom stereocenters. The highest BCUT2D eigenvalue weighted by Crippen LogP contribution is 2.36. The maximum absolute atomic E-state index is 4.15. The number of hydrogen-bond donors (Lipinski definition) is 1. The predicted octanol–water partition coefficient (Wildman–Crippen LogP) is 7.80. The van der Waals surface area contributed by atoms with Crippen LogP contribution in [-0.2, 0) is 12.8 Å². The molecule has 0 spiro atoms. The molecule has 0 aliphatic heterocycles. The molecule has 0 saturated heterocycles. The molecular weight excluding hydrogens is 326 g/mol. The Morgan fingerprint density at radius 3 is 2.15 bits per heavy atom. The van der Waals surface area contributed by atoms with Crippen LogP contribution in [0.5, 0.6) is 0 Å². The lowest BCUT2D eigenvalue weighted by Crippen LogP contribution is -2.07. The van der Waals surface area contributed by atoms with Crippen LogP contribution in [0, 0.1) is 6.92 Å². The zero-order chi connectivity index (χ0) is 20.1. The summed E-state index contributed by atoms with van der Waals surface area (Å²) in [5.41, 5.74) is 11.3. The molecule has 1 heteroatoms. The van der Waals surface area contributed by atoms with E-state index in [2.05, 4.69) is 83.4 Å². The lowest BCUT2D eigenvalue weighted by molar-refractivity contribution is 0.867. The molecule has 0 amide bonds. The maximum atomic E-state index is 4.15. The Morgan fingerprint density at radius 2 is 1.67 bits per heavy atom. The first kappa shape index (κ1) is 21.0. The fourth-order valence-electron chi connectivity index (χ4n) is 3.61. The van der Waals surface area contributed by atoms with Crippen LogP contribution >= 0.6 is 0 Å². The van der Waals surface area contributed by atoms with Gasteiger partial charge in [0.05, 0.1) is 0 Å². The molecular formula is C26H35N. The van der Waals surface area contributed by atoms with Crippen molar-refractivity contribution in [2.45, 2.75) is 66.7 Å². The highest BCUT2D eigenvalue weighted by molar-refractivity contribution is 5.77. The number of rotatable bonds is 8. The Hall–Kier alpha value is -2.28. The van der Waals surface area contributed by atoms with Crippen LogP contribution in [0.25, 0.3) is 11.1 Å². The second-order valence-corrected chi connectivity index (χ2v) is 7.82. The Bertz CT molecular complexity index is 822. The molecule has 0 radical (unpaired) electrons. The third-order valence-electron chi connectivity index (χ3n) is 5.38. The van der Waals surface area contributed by atoms with Crippen molar-refractivity contribution in [2.24, 2.45) is 0 Å². The predicted molar refractivity (Wildman–Crippen MR) is 122 cm³/mol. The van der Waals surface area contributed by atoms with Crippen LogP contribution < -0.4 is 5.32 Å². The smallest absolute Gasteiger partial charge is 0.0425 e. The van der Waals surface area contributed by atoms with Crippen molar-refractivity contribution in [3.63, 3.8) is 0 Å². The van der Waals surface area contributed by atoms with Gasteiger partial charge < -0.3 is 5.32 Å². The van der Waals surface area contributed by atoms with E-state index >= 15 is 0 Å². The molecule has 27 heavy (non-hydrogen) atoms. The fourth-order valence-corrected chi connectivity index (χ4v) is 3.61. The minimum atomic E-state index is 0.550. The monoisotopic (exact) mass is 361 g/mol. The van der Waals surface area contributed by atoms with Gasteiger partial charge in [-0.2, -0.15) is 0 Å². The lowest BCUT2D eigenvalue weighted by Gasteiger charge is -2.22. The maximum Gasteiger partial charge on any atom is 0.0425 e. The Kier molecular flexibility index (Phi) is 7.07. The summed E-state index contributed by atoms with van der Waals surface area (Å²) in [5, 5.41) is 3.53. The summed E-state index contributed by atoms with van der Waals surface area (Å²) in [6.45, 7) is 21.4. The van der Waals surface area contributed by atoms with Crippen molar-refractivity contribution in [3.8, 4) is 11.1 Å². The van der Waals surface area contributed by atoms with Crippen molar-refractivity contribution < 1.29 is 0 Å². The highest BCUT2D eigenvalue weighted by atomic mass is 14.9. The standard InChI is InChI=1S/C26H35N/c1-9-11-24-19(7)25(22-14-12-21(13-15-22)18(5)6)16-26(23(24)10-2)27-20(8)17(3)4/h12-16,18,27H,3,8-11H2,1-2,4-7H3. The van der Waals surface area contributed by atoms with E-state index in [0.29, 0.717) is 5.92 Å². The van der Waals surface area contributed by atoms with E-state index in [9.17, 15) is 0 Å². The topological polar surface area (TPSA) is 12.0 Å². The third-order valence-corrected chi connectivity index (χ3v) is 5.38. The van der Waals surface area contributed by atoms with Crippen LogP contribution in [0.3, 0.4) is 0 Å². The minimum absolute atomic E-state index is 0.550.